The molecule has 1 aliphatic heterocycles. The van der Waals surface area contributed by atoms with Gasteiger partial charge in [-0.15, -0.1) is 0 Å². The molecule has 0 atom stereocenters. The zero-order valence-corrected chi connectivity index (χ0v) is 22.5. The minimum absolute atomic E-state index is 0.151. The quantitative estimate of drug-likeness (QED) is 0.308. The first-order valence-electron chi connectivity index (χ1n) is 13.1. The van der Waals surface area contributed by atoms with Crippen LogP contribution in [0.3, 0.4) is 0 Å². The molecule has 0 unspecified atom stereocenters. The number of halogens is 2. The van der Waals surface area contributed by atoms with Crippen LogP contribution < -0.4 is 9.47 Å². The normalized spacial score (nSPS) is 13.8. The number of carbonyl (C=O) groups excluding carboxylic acids is 1. The highest BCUT2D eigenvalue weighted by Gasteiger charge is 2.25. The SMILES string of the molecule is CCCCOc1ccc(-c2c(F)cc(C3=CCN(C(=O)OC(C)(C)C)CC3)cc2F)c(OCCCC)n1. The van der Waals surface area contributed by atoms with E-state index in [-0.39, 0.29) is 17.0 Å². The van der Waals surface area contributed by atoms with Crippen LogP contribution in [0.1, 0.15) is 72.3 Å². The number of carbonyl (C=O) groups is 1. The number of rotatable bonds is 10. The van der Waals surface area contributed by atoms with Gasteiger partial charge in [0.05, 0.1) is 24.3 Å². The lowest BCUT2D eigenvalue weighted by Crippen LogP contribution is -2.39. The molecule has 1 aromatic carbocycles. The van der Waals surface area contributed by atoms with Gasteiger partial charge < -0.3 is 19.1 Å². The molecule has 2 heterocycles. The zero-order valence-electron chi connectivity index (χ0n) is 22.5. The van der Waals surface area contributed by atoms with E-state index in [9.17, 15) is 4.79 Å². The predicted octanol–water partition coefficient (Wildman–Crippen LogP) is 7.41. The third-order valence-corrected chi connectivity index (χ3v) is 5.86. The van der Waals surface area contributed by atoms with Crippen LogP contribution in [0.5, 0.6) is 11.8 Å². The molecule has 8 heteroatoms. The van der Waals surface area contributed by atoms with Gasteiger partial charge in [0.1, 0.15) is 17.2 Å². The maximum Gasteiger partial charge on any atom is 0.410 e. The summed E-state index contributed by atoms with van der Waals surface area (Å²) < 4.78 is 47.7. The largest absolute Gasteiger partial charge is 0.478 e. The van der Waals surface area contributed by atoms with Crippen molar-refractivity contribution >= 4 is 11.7 Å². The van der Waals surface area contributed by atoms with Gasteiger partial charge >= 0.3 is 6.09 Å². The lowest BCUT2D eigenvalue weighted by molar-refractivity contribution is 0.0270. The van der Waals surface area contributed by atoms with E-state index in [0.717, 1.165) is 31.3 Å². The van der Waals surface area contributed by atoms with E-state index in [1.165, 1.54) is 12.1 Å². The molecule has 0 N–H and O–H groups in total. The number of hydrogen-bond acceptors (Lipinski definition) is 5. The summed E-state index contributed by atoms with van der Waals surface area (Å²) in [5.41, 5.74) is 0.700. The number of ether oxygens (including phenoxy) is 3. The molecule has 3 rings (SSSR count). The van der Waals surface area contributed by atoms with Crippen LogP contribution in [0.25, 0.3) is 16.7 Å². The van der Waals surface area contributed by atoms with Crippen LogP contribution in [0.15, 0.2) is 30.3 Å². The number of aromatic nitrogens is 1. The molecule has 0 aliphatic carbocycles. The Kier molecular flexibility index (Phi) is 9.89. The van der Waals surface area contributed by atoms with Gasteiger partial charge in [-0.2, -0.15) is 4.98 Å². The van der Waals surface area contributed by atoms with Gasteiger partial charge in [0, 0.05) is 19.2 Å². The lowest BCUT2D eigenvalue weighted by atomic mass is 9.96. The van der Waals surface area contributed by atoms with Crippen LogP contribution in [0.2, 0.25) is 0 Å². The summed E-state index contributed by atoms with van der Waals surface area (Å²) in [6.45, 7) is 11.1. The summed E-state index contributed by atoms with van der Waals surface area (Å²) in [4.78, 5) is 18.3. The van der Waals surface area contributed by atoms with Crippen molar-refractivity contribution < 1.29 is 27.8 Å². The lowest BCUT2D eigenvalue weighted by Gasteiger charge is -2.29. The molecule has 0 fully saturated rings. The molecule has 0 saturated carbocycles. The molecular weight excluding hydrogens is 478 g/mol. The van der Waals surface area contributed by atoms with Crippen molar-refractivity contribution in [3.8, 4) is 22.9 Å². The minimum Gasteiger partial charge on any atom is -0.478 e. The van der Waals surface area contributed by atoms with Gasteiger partial charge in [-0.25, -0.2) is 13.6 Å². The highest BCUT2D eigenvalue weighted by molar-refractivity contribution is 5.76. The average Bonchev–Trinajstić information content (AvgIpc) is 2.84. The van der Waals surface area contributed by atoms with Crippen molar-refractivity contribution in [2.75, 3.05) is 26.3 Å². The first kappa shape index (κ1) is 28.4. The van der Waals surface area contributed by atoms with Crippen molar-refractivity contribution in [1.82, 2.24) is 9.88 Å². The van der Waals surface area contributed by atoms with Crippen LogP contribution in [0, 0.1) is 11.6 Å². The molecule has 6 nitrogen and oxygen atoms in total. The second-order valence-corrected chi connectivity index (χ2v) is 10.1. The monoisotopic (exact) mass is 516 g/mol. The van der Waals surface area contributed by atoms with E-state index in [4.69, 9.17) is 14.2 Å². The molecule has 0 spiro atoms. The van der Waals surface area contributed by atoms with Crippen molar-refractivity contribution in [2.45, 2.75) is 72.3 Å². The molecule has 0 saturated heterocycles. The number of pyridine rings is 1. The van der Waals surface area contributed by atoms with E-state index < -0.39 is 23.3 Å². The first-order valence-corrected chi connectivity index (χ1v) is 13.1. The zero-order chi connectivity index (χ0) is 27.0. The van der Waals surface area contributed by atoms with Crippen LogP contribution in [-0.2, 0) is 4.74 Å². The maximum atomic E-state index is 15.4. The predicted molar refractivity (Wildman–Crippen MR) is 141 cm³/mol. The molecular formula is C29H38F2N2O4. The highest BCUT2D eigenvalue weighted by atomic mass is 19.1. The minimum atomic E-state index is -0.702. The van der Waals surface area contributed by atoms with Crippen LogP contribution in [-0.4, -0.2) is 47.9 Å². The van der Waals surface area contributed by atoms with Crippen molar-refractivity contribution in [1.29, 1.82) is 0 Å². The standard InChI is InChI=1S/C29H38F2N2O4/c1-6-8-16-35-25-11-10-22(27(32-25)36-17-9-7-2)26-23(30)18-21(19-24(26)31)20-12-14-33(15-13-20)28(34)37-29(3,4)5/h10-12,18-19H,6-9,13-17H2,1-5H3. The second kappa shape index (κ2) is 12.9. The Morgan fingerprint density at radius 2 is 1.68 bits per heavy atom. The first-order chi connectivity index (χ1) is 17.6. The molecule has 0 bridgehead atoms. The third kappa shape index (κ3) is 7.91. The van der Waals surface area contributed by atoms with Crippen molar-refractivity contribution in [3.63, 3.8) is 0 Å². The van der Waals surface area contributed by atoms with Crippen LogP contribution >= 0.6 is 0 Å². The Balaban J connectivity index is 1.85. The van der Waals surface area contributed by atoms with Gasteiger partial charge in [0.25, 0.3) is 0 Å². The second-order valence-electron chi connectivity index (χ2n) is 10.1. The Bertz CT molecular complexity index is 1090. The fraction of sp³-hybridized carbons (Fsp3) is 0.517. The topological polar surface area (TPSA) is 60.9 Å². The molecule has 1 aliphatic rings. The van der Waals surface area contributed by atoms with E-state index in [1.807, 2.05) is 33.8 Å². The summed E-state index contributed by atoms with van der Waals surface area (Å²) in [7, 11) is 0. The van der Waals surface area contributed by atoms with Gasteiger partial charge in [0.15, 0.2) is 0 Å². The van der Waals surface area contributed by atoms with Gasteiger partial charge in [0.2, 0.25) is 11.8 Å². The van der Waals surface area contributed by atoms with Gasteiger partial charge in [-0.1, -0.05) is 32.8 Å². The number of amides is 1. The van der Waals surface area contributed by atoms with E-state index in [1.54, 1.807) is 17.0 Å². The van der Waals surface area contributed by atoms with Gasteiger partial charge in [-0.05, 0) is 69.4 Å². The molecule has 0 radical (unpaired) electrons. The summed E-state index contributed by atoms with van der Waals surface area (Å²) >= 11 is 0. The maximum absolute atomic E-state index is 15.4. The molecule has 202 valence electrons. The fourth-order valence-corrected chi connectivity index (χ4v) is 3.88. The molecule has 1 aromatic heterocycles. The Hall–Kier alpha value is -3.16. The highest BCUT2D eigenvalue weighted by Crippen LogP contribution is 2.36. The summed E-state index contributed by atoms with van der Waals surface area (Å²) in [5, 5.41) is 0. The molecule has 1 amide bonds. The fourth-order valence-electron chi connectivity index (χ4n) is 3.88. The number of hydrogen-bond donors (Lipinski definition) is 0. The Labute approximate surface area is 218 Å². The van der Waals surface area contributed by atoms with E-state index in [2.05, 4.69) is 11.9 Å². The van der Waals surface area contributed by atoms with Crippen LogP contribution in [0.4, 0.5) is 13.6 Å². The summed E-state index contributed by atoms with van der Waals surface area (Å²) in [5.74, 6) is -0.888. The summed E-state index contributed by atoms with van der Waals surface area (Å²) in [6.07, 6.45) is 5.45. The number of unbranched alkanes of at least 4 members (excludes halogenated alkanes) is 2. The molecule has 2 aromatic rings. The van der Waals surface area contributed by atoms with Crippen molar-refractivity contribution in [2.24, 2.45) is 0 Å². The third-order valence-electron chi connectivity index (χ3n) is 5.86. The van der Waals surface area contributed by atoms with E-state index in [0.29, 0.717) is 44.2 Å². The van der Waals surface area contributed by atoms with Gasteiger partial charge in [-0.3, -0.25) is 0 Å². The number of nitrogens with zero attached hydrogens (tertiary/aromatic N) is 2. The number of benzene rings is 1. The Morgan fingerprint density at radius 1 is 1.03 bits per heavy atom. The Morgan fingerprint density at radius 3 is 2.24 bits per heavy atom. The van der Waals surface area contributed by atoms with Crippen molar-refractivity contribution in [3.05, 3.63) is 47.5 Å². The average molecular weight is 517 g/mol. The van der Waals surface area contributed by atoms with E-state index >= 15 is 8.78 Å². The smallest absolute Gasteiger partial charge is 0.410 e. The molecule has 37 heavy (non-hydrogen) atoms. The summed E-state index contributed by atoms with van der Waals surface area (Å²) in [6, 6.07) is 5.86.